The SMILES string of the molecule is O=C1CCC(n2c(O)c3cccc(NC(=O)CCBr)c3c2O)C(=O)N1. The molecule has 1 aliphatic heterocycles. The van der Waals surface area contributed by atoms with E-state index in [-0.39, 0.29) is 48.2 Å². The second-order valence-electron chi connectivity index (χ2n) is 5.70. The van der Waals surface area contributed by atoms with Crippen LogP contribution < -0.4 is 10.6 Å². The van der Waals surface area contributed by atoms with Gasteiger partial charge in [-0.15, -0.1) is 0 Å². The van der Waals surface area contributed by atoms with E-state index in [1.807, 2.05) is 0 Å². The molecule has 1 unspecified atom stereocenters. The van der Waals surface area contributed by atoms with Crippen molar-refractivity contribution in [3.63, 3.8) is 0 Å². The number of rotatable bonds is 4. The van der Waals surface area contributed by atoms with Crippen molar-refractivity contribution in [2.75, 3.05) is 10.6 Å². The van der Waals surface area contributed by atoms with Crippen LogP contribution in [0.25, 0.3) is 10.8 Å². The van der Waals surface area contributed by atoms with E-state index in [4.69, 9.17) is 0 Å². The van der Waals surface area contributed by atoms with E-state index >= 15 is 0 Å². The van der Waals surface area contributed by atoms with Gasteiger partial charge < -0.3 is 15.5 Å². The molecule has 1 aliphatic rings. The first-order chi connectivity index (χ1) is 11.9. The number of fused-ring (bicyclic) bond motifs is 1. The highest BCUT2D eigenvalue weighted by Gasteiger charge is 2.33. The highest BCUT2D eigenvalue weighted by atomic mass is 79.9. The molecule has 1 aromatic heterocycles. The monoisotopic (exact) mass is 409 g/mol. The number of imide groups is 1. The predicted molar refractivity (Wildman–Crippen MR) is 93.7 cm³/mol. The van der Waals surface area contributed by atoms with E-state index in [1.165, 1.54) is 0 Å². The quantitative estimate of drug-likeness (QED) is 0.452. The largest absolute Gasteiger partial charge is 0.494 e. The highest BCUT2D eigenvalue weighted by Crippen LogP contribution is 2.43. The lowest BCUT2D eigenvalue weighted by Gasteiger charge is -2.23. The van der Waals surface area contributed by atoms with Crippen LogP contribution in [0.15, 0.2) is 18.2 Å². The van der Waals surface area contributed by atoms with Gasteiger partial charge in [-0.2, -0.15) is 0 Å². The van der Waals surface area contributed by atoms with Crippen LogP contribution >= 0.6 is 15.9 Å². The van der Waals surface area contributed by atoms with Gasteiger partial charge in [0.1, 0.15) is 6.04 Å². The number of nitrogens with zero attached hydrogens (tertiary/aromatic N) is 1. The summed E-state index contributed by atoms with van der Waals surface area (Å²) < 4.78 is 1.09. The average Bonchev–Trinajstić information content (AvgIpc) is 2.81. The summed E-state index contributed by atoms with van der Waals surface area (Å²) in [5.41, 5.74) is 0.335. The molecule has 132 valence electrons. The molecule has 1 fully saturated rings. The Balaban J connectivity index is 2.08. The maximum atomic E-state index is 12.1. The summed E-state index contributed by atoms with van der Waals surface area (Å²) in [5, 5.41) is 27.0. The number of carbonyl (C=O) groups excluding carboxylic acids is 3. The average molecular weight is 410 g/mol. The molecule has 1 aromatic carbocycles. The van der Waals surface area contributed by atoms with Crippen LogP contribution in [0.2, 0.25) is 0 Å². The summed E-state index contributed by atoms with van der Waals surface area (Å²) in [6.45, 7) is 0. The highest BCUT2D eigenvalue weighted by molar-refractivity contribution is 9.09. The predicted octanol–water partition coefficient (Wildman–Crippen LogP) is 1.75. The van der Waals surface area contributed by atoms with Crippen LogP contribution in [0.5, 0.6) is 11.8 Å². The molecule has 8 nitrogen and oxygen atoms in total. The summed E-state index contributed by atoms with van der Waals surface area (Å²) in [6.07, 6.45) is 0.522. The molecule has 1 saturated heterocycles. The minimum absolute atomic E-state index is 0.110. The fraction of sp³-hybridized carbons (Fsp3) is 0.312. The topological polar surface area (TPSA) is 121 Å². The van der Waals surface area contributed by atoms with Crippen LogP contribution in [-0.4, -0.2) is 37.8 Å². The molecule has 2 aromatic rings. The third-order valence-electron chi connectivity index (χ3n) is 4.10. The number of piperidine rings is 1. The third-order valence-corrected chi connectivity index (χ3v) is 4.50. The van der Waals surface area contributed by atoms with Crippen molar-refractivity contribution in [1.82, 2.24) is 9.88 Å². The van der Waals surface area contributed by atoms with Crippen LogP contribution in [0.4, 0.5) is 5.69 Å². The van der Waals surface area contributed by atoms with E-state index in [0.29, 0.717) is 16.4 Å². The number of hydrogen-bond acceptors (Lipinski definition) is 5. The molecule has 0 radical (unpaired) electrons. The van der Waals surface area contributed by atoms with Gasteiger partial charge in [-0.1, -0.05) is 22.0 Å². The van der Waals surface area contributed by atoms with Crippen LogP contribution in [0.1, 0.15) is 25.3 Å². The van der Waals surface area contributed by atoms with E-state index in [9.17, 15) is 24.6 Å². The van der Waals surface area contributed by atoms with Gasteiger partial charge in [-0.05, 0) is 18.6 Å². The zero-order valence-corrected chi connectivity index (χ0v) is 14.7. The Morgan fingerprint density at radius 1 is 1.32 bits per heavy atom. The van der Waals surface area contributed by atoms with Crippen molar-refractivity contribution < 1.29 is 24.6 Å². The number of halogens is 1. The smallest absolute Gasteiger partial charge is 0.249 e. The molecule has 25 heavy (non-hydrogen) atoms. The Bertz CT molecular complexity index is 876. The first-order valence-electron chi connectivity index (χ1n) is 7.68. The number of alkyl halides is 1. The summed E-state index contributed by atoms with van der Waals surface area (Å²) in [6, 6.07) is 3.89. The van der Waals surface area contributed by atoms with Gasteiger partial charge in [-0.25, -0.2) is 0 Å². The number of aromatic hydroxyl groups is 2. The zero-order valence-electron chi connectivity index (χ0n) is 13.1. The molecular formula is C16H16BrN3O5. The van der Waals surface area contributed by atoms with E-state index in [1.54, 1.807) is 18.2 Å². The van der Waals surface area contributed by atoms with Crippen molar-refractivity contribution in [3.8, 4) is 11.8 Å². The molecule has 0 bridgehead atoms. The first kappa shape index (κ1) is 17.3. The molecule has 0 spiro atoms. The minimum Gasteiger partial charge on any atom is -0.494 e. The second kappa shape index (κ2) is 6.75. The van der Waals surface area contributed by atoms with Gasteiger partial charge in [0.05, 0.1) is 11.1 Å². The number of benzene rings is 1. The number of hydrogen-bond donors (Lipinski definition) is 4. The summed E-state index contributed by atoms with van der Waals surface area (Å²) in [7, 11) is 0. The van der Waals surface area contributed by atoms with Crippen LogP contribution in [-0.2, 0) is 14.4 Å². The number of carbonyl (C=O) groups is 3. The van der Waals surface area contributed by atoms with E-state index in [0.717, 1.165) is 4.57 Å². The van der Waals surface area contributed by atoms with Crippen molar-refractivity contribution in [3.05, 3.63) is 18.2 Å². The number of anilines is 1. The molecule has 3 amide bonds. The molecule has 1 atom stereocenters. The summed E-state index contributed by atoms with van der Waals surface area (Å²) in [5.74, 6) is -1.86. The number of amides is 3. The Morgan fingerprint density at radius 3 is 2.76 bits per heavy atom. The fourth-order valence-corrected chi connectivity index (χ4v) is 3.32. The van der Waals surface area contributed by atoms with Gasteiger partial charge >= 0.3 is 0 Å². The van der Waals surface area contributed by atoms with Gasteiger partial charge in [-0.3, -0.25) is 24.3 Å². The molecule has 2 heterocycles. The minimum atomic E-state index is -0.906. The first-order valence-corrected chi connectivity index (χ1v) is 8.80. The normalized spacial score (nSPS) is 17.6. The molecule has 3 rings (SSSR count). The Labute approximate surface area is 150 Å². The van der Waals surface area contributed by atoms with E-state index < -0.39 is 11.9 Å². The molecule has 0 aliphatic carbocycles. The second-order valence-corrected chi connectivity index (χ2v) is 6.49. The van der Waals surface area contributed by atoms with Gasteiger partial charge in [0.15, 0.2) is 0 Å². The summed E-state index contributed by atoms with van der Waals surface area (Å²) >= 11 is 3.18. The van der Waals surface area contributed by atoms with Crippen molar-refractivity contribution >= 4 is 50.1 Å². The Morgan fingerprint density at radius 2 is 2.08 bits per heavy atom. The Kier molecular flexibility index (Phi) is 4.67. The maximum Gasteiger partial charge on any atom is 0.249 e. The third kappa shape index (κ3) is 3.07. The molecule has 0 saturated carbocycles. The zero-order chi connectivity index (χ0) is 18.1. The molecular weight excluding hydrogens is 394 g/mol. The summed E-state index contributed by atoms with van der Waals surface area (Å²) in [4.78, 5) is 35.3. The van der Waals surface area contributed by atoms with Crippen LogP contribution in [0, 0.1) is 0 Å². The van der Waals surface area contributed by atoms with E-state index in [2.05, 4.69) is 26.6 Å². The number of aromatic nitrogens is 1. The maximum absolute atomic E-state index is 12.1. The lowest BCUT2D eigenvalue weighted by molar-refractivity contribution is -0.136. The van der Waals surface area contributed by atoms with Crippen molar-refractivity contribution in [1.29, 1.82) is 0 Å². The number of nitrogens with one attached hydrogen (secondary N) is 2. The lowest BCUT2D eigenvalue weighted by atomic mass is 10.1. The van der Waals surface area contributed by atoms with Crippen LogP contribution in [0.3, 0.4) is 0 Å². The Hall–Kier alpha value is -2.55. The lowest BCUT2D eigenvalue weighted by Crippen LogP contribution is -2.41. The van der Waals surface area contributed by atoms with Crippen molar-refractivity contribution in [2.24, 2.45) is 0 Å². The molecule has 4 N–H and O–H groups in total. The molecule has 9 heteroatoms. The fourth-order valence-electron chi connectivity index (χ4n) is 2.96. The van der Waals surface area contributed by atoms with Crippen molar-refractivity contribution in [2.45, 2.75) is 25.3 Å². The van der Waals surface area contributed by atoms with Gasteiger partial charge in [0.2, 0.25) is 29.5 Å². The standard InChI is InChI=1S/C16H16BrN3O5/c17-7-6-12(22)18-9-3-1-2-8-13(9)16(25)20(15(8)24)10-4-5-11(21)19-14(10)23/h1-3,10,24-25H,4-7H2,(H,18,22)(H,19,21,23). The van der Waals surface area contributed by atoms with Gasteiger partial charge in [0.25, 0.3) is 0 Å². The van der Waals surface area contributed by atoms with Gasteiger partial charge in [0, 0.05) is 23.6 Å².